The van der Waals surface area contributed by atoms with Crippen LogP contribution in [-0.4, -0.2) is 54.6 Å². The summed E-state index contributed by atoms with van der Waals surface area (Å²) in [5.41, 5.74) is 5.78. The lowest BCUT2D eigenvalue weighted by Gasteiger charge is -2.32. The zero-order valence-electron chi connectivity index (χ0n) is 17.7. The lowest BCUT2D eigenvalue weighted by Crippen LogP contribution is -2.56. The average molecular weight is 372 g/mol. The molecule has 4 atom stereocenters. The molecular formula is C20H41N3O3. The van der Waals surface area contributed by atoms with Crippen LogP contribution in [0, 0.1) is 5.92 Å². The smallest absolute Gasteiger partial charge is 0.248 e. The maximum absolute atomic E-state index is 12.9. The largest absolute Gasteiger partial charge is 0.376 e. The van der Waals surface area contributed by atoms with Crippen molar-refractivity contribution >= 4 is 11.8 Å². The molecule has 0 bridgehead atoms. The predicted octanol–water partition coefficient (Wildman–Crippen LogP) is 2.70. The molecule has 0 spiro atoms. The van der Waals surface area contributed by atoms with Gasteiger partial charge in [-0.15, -0.1) is 0 Å². The predicted molar refractivity (Wildman–Crippen MR) is 107 cm³/mol. The van der Waals surface area contributed by atoms with Crippen LogP contribution in [0.15, 0.2) is 0 Å². The highest BCUT2D eigenvalue weighted by Gasteiger charge is 2.36. The van der Waals surface area contributed by atoms with E-state index in [9.17, 15) is 9.59 Å². The summed E-state index contributed by atoms with van der Waals surface area (Å²) in [7, 11) is 0. The van der Waals surface area contributed by atoms with E-state index < -0.39 is 6.04 Å². The minimum absolute atomic E-state index is 0.0736. The Morgan fingerprint density at radius 2 is 1.96 bits per heavy atom. The molecule has 0 aliphatic carbocycles. The van der Waals surface area contributed by atoms with Gasteiger partial charge in [-0.3, -0.25) is 9.59 Å². The van der Waals surface area contributed by atoms with Crippen LogP contribution in [0.4, 0.5) is 0 Å². The van der Waals surface area contributed by atoms with Crippen molar-refractivity contribution in [2.24, 2.45) is 11.7 Å². The van der Waals surface area contributed by atoms with Crippen LogP contribution in [0.2, 0.25) is 0 Å². The fraction of sp³-hybridized carbons (Fsp3) is 0.900. The third-order valence-electron chi connectivity index (χ3n) is 4.90. The molecule has 1 rings (SSSR count). The molecule has 6 heteroatoms. The van der Waals surface area contributed by atoms with Crippen LogP contribution in [0.3, 0.4) is 0 Å². The summed E-state index contributed by atoms with van der Waals surface area (Å²) in [5, 5.41) is 2.78. The minimum Gasteiger partial charge on any atom is -0.376 e. The highest BCUT2D eigenvalue weighted by molar-refractivity contribution is 5.87. The number of nitrogens with one attached hydrogen (secondary N) is 1. The first-order valence-electron chi connectivity index (χ1n) is 10.3. The van der Waals surface area contributed by atoms with Crippen LogP contribution in [0.1, 0.15) is 73.6 Å². The first kappa shape index (κ1) is 24.9. The van der Waals surface area contributed by atoms with E-state index in [1.807, 2.05) is 25.7 Å². The molecule has 2 amide bonds. The van der Waals surface area contributed by atoms with Gasteiger partial charge < -0.3 is 20.7 Å². The zero-order valence-corrected chi connectivity index (χ0v) is 17.7. The Morgan fingerprint density at radius 3 is 2.46 bits per heavy atom. The fourth-order valence-electron chi connectivity index (χ4n) is 3.35. The van der Waals surface area contributed by atoms with Crippen molar-refractivity contribution in [2.45, 2.75) is 91.8 Å². The van der Waals surface area contributed by atoms with Crippen LogP contribution < -0.4 is 11.1 Å². The molecule has 0 aromatic carbocycles. The number of rotatable bonds is 10. The number of amides is 2. The number of hydrogen-bond acceptors (Lipinski definition) is 4. The monoisotopic (exact) mass is 371 g/mol. The molecule has 1 aliphatic rings. The minimum atomic E-state index is -0.645. The molecule has 0 aromatic rings. The summed E-state index contributed by atoms with van der Waals surface area (Å²) in [6.07, 6.45) is 4.83. The number of nitrogens with two attached hydrogens (primary N) is 1. The second-order valence-corrected chi connectivity index (χ2v) is 6.84. The van der Waals surface area contributed by atoms with Gasteiger partial charge in [0.05, 0.1) is 6.10 Å². The standard InChI is InChI=1S/C18H35N3O3.C2H6/c1-5-8-15(6-2)12-24-13(3)17(20-14(4)22)18(23)21-10-7-9-16(21)11-19;1-2/h13,15-17H,5-12,19H2,1-4H3,(H,20,22);1-2H3. The summed E-state index contributed by atoms with van der Waals surface area (Å²) >= 11 is 0. The van der Waals surface area contributed by atoms with Crippen LogP contribution in [0.5, 0.6) is 0 Å². The number of hydrogen-bond donors (Lipinski definition) is 2. The molecule has 26 heavy (non-hydrogen) atoms. The van der Waals surface area contributed by atoms with Crippen LogP contribution in [-0.2, 0) is 14.3 Å². The molecule has 3 N–H and O–H groups in total. The normalized spacial score (nSPS) is 20.0. The number of likely N-dealkylation sites (tertiary alicyclic amines) is 1. The van der Waals surface area contributed by atoms with E-state index in [-0.39, 0.29) is 24.0 Å². The molecule has 0 aromatic heterocycles. The molecule has 1 heterocycles. The van der Waals surface area contributed by atoms with Crippen molar-refractivity contribution in [1.82, 2.24) is 10.2 Å². The van der Waals surface area contributed by atoms with E-state index in [0.717, 1.165) is 32.1 Å². The Kier molecular flexibility index (Phi) is 13.4. The summed E-state index contributed by atoms with van der Waals surface area (Å²) in [4.78, 5) is 26.3. The summed E-state index contributed by atoms with van der Waals surface area (Å²) < 4.78 is 5.97. The number of carbonyl (C=O) groups is 2. The van der Waals surface area contributed by atoms with Gasteiger partial charge in [0.15, 0.2) is 0 Å². The van der Waals surface area contributed by atoms with Crippen LogP contribution >= 0.6 is 0 Å². The Hall–Kier alpha value is -1.14. The van der Waals surface area contributed by atoms with Gasteiger partial charge in [0.25, 0.3) is 0 Å². The highest BCUT2D eigenvalue weighted by atomic mass is 16.5. The SMILES string of the molecule is CC.CCCC(CC)COC(C)C(NC(C)=O)C(=O)N1CCCC1CN. The van der Waals surface area contributed by atoms with Crippen molar-refractivity contribution in [1.29, 1.82) is 0 Å². The molecule has 6 nitrogen and oxygen atoms in total. The second-order valence-electron chi connectivity index (χ2n) is 6.84. The van der Waals surface area contributed by atoms with Gasteiger partial charge in [-0.05, 0) is 32.1 Å². The van der Waals surface area contributed by atoms with Gasteiger partial charge in [-0.25, -0.2) is 0 Å². The maximum atomic E-state index is 12.9. The first-order valence-corrected chi connectivity index (χ1v) is 10.3. The summed E-state index contributed by atoms with van der Waals surface area (Å²) in [6, 6.07) is -0.571. The van der Waals surface area contributed by atoms with Gasteiger partial charge in [0, 0.05) is 32.7 Å². The Morgan fingerprint density at radius 1 is 1.31 bits per heavy atom. The van der Waals surface area contributed by atoms with Crippen molar-refractivity contribution in [2.75, 3.05) is 19.7 Å². The third kappa shape index (κ3) is 8.04. The van der Waals surface area contributed by atoms with Gasteiger partial charge in [-0.2, -0.15) is 0 Å². The first-order chi connectivity index (χ1) is 12.4. The molecule has 1 aliphatic heterocycles. The highest BCUT2D eigenvalue weighted by Crippen LogP contribution is 2.19. The van der Waals surface area contributed by atoms with Gasteiger partial charge in [-0.1, -0.05) is 40.5 Å². The van der Waals surface area contributed by atoms with Crippen LogP contribution in [0.25, 0.3) is 0 Å². The lowest BCUT2D eigenvalue weighted by molar-refractivity contribution is -0.141. The summed E-state index contributed by atoms with van der Waals surface area (Å²) in [6.45, 7) is 13.4. The molecule has 0 radical (unpaired) electrons. The fourth-order valence-corrected chi connectivity index (χ4v) is 3.35. The van der Waals surface area contributed by atoms with E-state index in [0.29, 0.717) is 25.6 Å². The molecular weight excluding hydrogens is 330 g/mol. The van der Waals surface area contributed by atoms with Crippen molar-refractivity contribution in [3.8, 4) is 0 Å². The van der Waals surface area contributed by atoms with E-state index in [1.165, 1.54) is 6.92 Å². The van der Waals surface area contributed by atoms with Gasteiger partial charge in [0.1, 0.15) is 6.04 Å². The summed E-state index contributed by atoms with van der Waals surface area (Å²) in [5.74, 6) is 0.205. The van der Waals surface area contributed by atoms with Gasteiger partial charge in [0.2, 0.25) is 11.8 Å². The van der Waals surface area contributed by atoms with Crippen molar-refractivity contribution in [3.05, 3.63) is 0 Å². The Balaban J connectivity index is 0.00000301. The molecule has 4 unspecified atom stereocenters. The second kappa shape index (κ2) is 14.0. The van der Waals surface area contributed by atoms with Crippen molar-refractivity contribution in [3.63, 3.8) is 0 Å². The van der Waals surface area contributed by atoms with E-state index >= 15 is 0 Å². The topological polar surface area (TPSA) is 84.7 Å². The quantitative estimate of drug-likeness (QED) is 0.618. The number of carbonyl (C=O) groups excluding carboxylic acids is 2. The number of ether oxygens (including phenoxy) is 1. The van der Waals surface area contributed by atoms with Crippen molar-refractivity contribution < 1.29 is 14.3 Å². The van der Waals surface area contributed by atoms with E-state index in [1.54, 1.807) is 0 Å². The molecule has 1 saturated heterocycles. The zero-order chi connectivity index (χ0) is 20.1. The Bertz CT molecular complexity index is 404. The maximum Gasteiger partial charge on any atom is 0.248 e. The lowest BCUT2D eigenvalue weighted by atomic mass is 10.0. The molecule has 1 fully saturated rings. The van der Waals surface area contributed by atoms with E-state index in [2.05, 4.69) is 19.2 Å². The average Bonchev–Trinajstić information content (AvgIpc) is 3.12. The third-order valence-corrected chi connectivity index (χ3v) is 4.90. The Labute approximate surface area is 160 Å². The van der Waals surface area contributed by atoms with Gasteiger partial charge >= 0.3 is 0 Å². The molecule has 0 saturated carbocycles. The molecule has 154 valence electrons. The van der Waals surface area contributed by atoms with E-state index in [4.69, 9.17) is 10.5 Å². The number of nitrogens with zero attached hydrogens (tertiary/aromatic N) is 1.